The van der Waals surface area contributed by atoms with E-state index in [2.05, 4.69) is 42.8 Å². The molecule has 0 amide bonds. The van der Waals surface area contributed by atoms with Gasteiger partial charge >= 0.3 is 0 Å². The van der Waals surface area contributed by atoms with E-state index in [0.717, 1.165) is 24.1 Å². The molecule has 0 saturated heterocycles. The zero-order chi connectivity index (χ0) is 12.1. The predicted molar refractivity (Wildman–Crippen MR) is 73.9 cm³/mol. The molecule has 0 aliphatic carbocycles. The van der Waals surface area contributed by atoms with Crippen molar-refractivity contribution in [2.75, 3.05) is 11.9 Å². The molecule has 0 atom stereocenters. The van der Waals surface area contributed by atoms with Gasteiger partial charge in [-0.2, -0.15) is 0 Å². The average molecular weight is 285 g/mol. The topological polar surface area (TPSA) is 9.23 Å². The van der Waals surface area contributed by atoms with E-state index in [1.54, 1.807) is 0 Å². The maximum absolute atomic E-state index is 5.65. The van der Waals surface area contributed by atoms with Gasteiger partial charge < -0.3 is 4.74 Å². The molecule has 0 radical (unpaired) electrons. The zero-order valence-electron chi connectivity index (χ0n) is 10.7. The van der Waals surface area contributed by atoms with E-state index >= 15 is 0 Å². The number of halogens is 1. The Labute approximate surface area is 107 Å². The summed E-state index contributed by atoms with van der Waals surface area (Å²) in [4.78, 5) is 0. The highest BCUT2D eigenvalue weighted by molar-refractivity contribution is 9.09. The van der Waals surface area contributed by atoms with Gasteiger partial charge in [0, 0.05) is 5.33 Å². The van der Waals surface area contributed by atoms with Crippen LogP contribution in [0, 0.1) is 20.8 Å². The highest BCUT2D eigenvalue weighted by Crippen LogP contribution is 2.28. The molecule has 1 rings (SSSR count). The largest absolute Gasteiger partial charge is 0.494 e. The molecule has 16 heavy (non-hydrogen) atoms. The molecule has 0 unspecified atom stereocenters. The lowest BCUT2D eigenvalue weighted by Gasteiger charge is -2.16. The second-order valence-electron chi connectivity index (χ2n) is 4.15. The van der Waals surface area contributed by atoms with Crippen molar-refractivity contribution >= 4 is 15.9 Å². The molecule has 90 valence electrons. The van der Waals surface area contributed by atoms with Gasteiger partial charge in [0.1, 0.15) is 5.75 Å². The molecule has 1 nitrogen and oxygen atoms in total. The lowest BCUT2D eigenvalue weighted by Crippen LogP contribution is -2.02. The van der Waals surface area contributed by atoms with E-state index in [1.165, 1.54) is 28.7 Å². The molecule has 0 aromatic heterocycles. The van der Waals surface area contributed by atoms with Crippen LogP contribution in [0.3, 0.4) is 0 Å². The Balaban J connectivity index is 3.07. The van der Waals surface area contributed by atoms with E-state index in [9.17, 15) is 0 Å². The SMILES string of the molecule is CCOc1cc(C)c(CCCBr)c(C)c1C. The number of hydrogen-bond donors (Lipinski definition) is 0. The molecule has 0 spiro atoms. The number of benzene rings is 1. The van der Waals surface area contributed by atoms with E-state index in [-0.39, 0.29) is 0 Å². The second kappa shape index (κ2) is 6.29. The molecule has 0 saturated carbocycles. The fraction of sp³-hybridized carbons (Fsp3) is 0.571. The summed E-state index contributed by atoms with van der Waals surface area (Å²) in [5.74, 6) is 1.04. The number of hydrogen-bond acceptors (Lipinski definition) is 1. The lowest BCUT2D eigenvalue weighted by atomic mass is 9.94. The van der Waals surface area contributed by atoms with Crippen molar-refractivity contribution in [3.05, 3.63) is 28.3 Å². The first-order valence-corrected chi connectivity index (χ1v) is 7.02. The van der Waals surface area contributed by atoms with Crippen LogP contribution in [0.5, 0.6) is 5.75 Å². The summed E-state index contributed by atoms with van der Waals surface area (Å²) in [6, 6.07) is 2.18. The van der Waals surface area contributed by atoms with Gasteiger partial charge in [-0.3, -0.25) is 0 Å². The van der Waals surface area contributed by atoms with Crippen LogP contribution in [0.15, 0.2) is 6.07 Å². The van der Waals surface area contributed by atoms with Crippen LogP contribution in [0.25, 0.3) is 0 Å². The summed E-state index contributed by atoms with van der Waals surface area (Å²) < 4.78 is 5.65. The first-order chi connectivity index (χ1) is 7.61. The molecule has 0 fully saturated rings. The van der Waals surface area contributed by atoms with Crippen LogP contribution < -0.4 is 4.74 Å². The van der Waals surface area contributed by atoms with Gasteiger partial charge in [-0.1, -0.05) is 15.9 Å². The van der Waals surface area contributed by atoms with Crippen molar-refractivity contribution in [3.63, 3.8) is 0 Å². The van der Waals surface area contributed by atoms with Crippen molar-refractivity contribution in [1.29, 1.82) is 0 Å². The third kappa shape index (κ3) is 3.00. The highest BCUT2D eigenvalue weighted by Gasteiger charge is 2.10. The maximum Gasteiger partial charge on any atom is 0.122 e. The van der Waals surface area contributed by atoms with Crippen LogP contribution in [-0.2, 0) is 6.42 Å². The summed E-state index contributed by atoms with van der Waals surface area (Å²) in [5.41, 5.74) is 5.52. The van der Waals surface area contributed by atoms with Crippen LogP contribution in [0.4, 0.5) is 0 Å². The zero-order valence-corrected chi connectivity index (χ0v) is 12.3. The highest BCUT2D eigenvalue weighted by atomic mass is 79.9. The average Bonchev–Trinajstić information content (AvgIpc) is 2.26. The molecule has 1 aromatic carbocycles. The second-order valence-corrected chi connectivity index (χ2v) is 4.94. The number of ether oxygens (including phenoxy) is 1. The Morgan fingerprint density at radius 3 is 2.44 bits per heavy atom. The maximum atomic E-state index is 5.65. The Bertz CT molecular complexity index is 358. The molecule has 0 N–H and O–H groups in total. The third-order valence-electron chi connectivity index (χ3n) is 3.07. The van der Waals surface area contributed by atoms with Crippen molar-refractivity contribution in [2.24, 2.45) is 0 Å². The van der Waals surface area contributed by atoms with Crippen molar-refractivity contribution < 1.29 is 4.74 Å². The van der Waals surface area contributed by atoms with Crippen LogP contribution in [0.2, 0.25) is 0 Å². The quantitative estimate of drug-likeness (QED) is 0.731. The number of aryl methyl sites for hydroxylation is 1. The Morgan fingerprint density at radius 1 is 1.19 bits per heavy atom. The van der Waals surface area contributed by atoms with Crippen molar-refractivity contribution in [2.45, 2.75) is 40.5 Å². The summed E-state index contributed by atoms with van der Waals surface area (Å²) in [6.07, 6.45) is 2.34. The van der Waals surface area contributed by atoms with Crippen LogP contribution >= 0.6 is 15.9 Å². The molecule has 0 aliphatic heterocycles. The Morgan fingerprint density at radius 2 is 1.88 bits per heavy atom. The molecular weight excluding hydrogens is 264 g/mol. The lowest BCUT2D eigenvalue weighted by molar-refractivity contribution is 0.337. The molecule has 0 heterocycles. The van der Waals surface area contributed by atoms with Crippen LogP contribution in [-0.4, -0.2) is 11.9 Å². The van der Waals surface area contributed by atoms with Crippen molar-refractivity contribution in [1.82, 2.24) is 0 Å². The van der Waals surface area contributed by atoms with Gasteiger partial charge in [-0.05, 0) is 68.9 Å². The number of alkyl halides is 1. The van der Waals surface area contributed by atoms with Gasteiger partial charge in [-0.15, -0.1) is 0 Å². The van der Waals surface area contributed by atoms with Gasteiger partial charge in [0.05, 0.1) is 6.61 Å². The molecule has 0 aliphatic rings. The summed E-state index contributed by atoms with van der Waals surface area (Å²) in [6.45, 7) is 9.30. The van der Waals surface area contributed by atoms with E-state index in [0.29, 0.717) is 0 Å². The third-order valence-corrected chi connectivity index (χ3v) is 3.63. The monoisotopic (exact) mass is 284 g/mol. The standard InChI is InChI=1S/C14H21BrO/c1-5-16-14-9-10(2)13(7-6-8-15)11(3)12(14)4/h9H,5-8H2,1-4H3. The first kappa shape index (κ1) is 13.6. The molecule has 2 heteroatoms. The smallest absolute Gasteiger partial charge is 0.122 e. The van der Waals surface area contributed by atoms with Gasteiger partial charge in [0.25, 0.3) is 0 Å². The molecular formula is C14H21BrO. The minimum absolute atomic E-state index is 0.737. The van der Waals surface area contributed by atoms with E-state index < -0.39 is 0 Å². The fourth-order valence-corrected chi connectivity index (χ4v) is 2.31. The molecule has 0 bridgehead atoms. The minimum Gasteiger partial charge on any atom is -0.494 e. The van der Waals surface area contributed by atoms with Gasteiger partial charge in [-0.25, -0.2) is 0 Å². The Hall–Kier alpha value is -0.500. The minimum atomic E-state index is 0.737. The summed E-state index contributed by atoms with van der Waals surface area (Å²) in [5, 5.41) is 1.07. The fourth-order valence-electron chi connectivity index (χ4n) is 2.03. The Kier molecular flexibility index (Phi) is 5.33. The van der Waals surface area contributed by atoms with Gasteiger partial charge in [0.15, 0.2) is 0 Å². The van der Waals surface area contributed by atoms with Gasteiger partial charge in [0.2, 0.25) is 0 Å². The normalized spacial score (nSPS) is 10.6. The summed E-state index contributed by atoms with van der Waals surface area (Å²) >= 11 is 3.49. The number of rotatable bonds is 5. The predicted octanol–water partition coefficient (Wildman–Crippen LogP) is 4.34. The van der Waals surface area contributed by atoms with E-state index in [4.69, 9.17) is 4.74 Å². The van der Waals surface area contributed by atoms with E-state index in [1.807, 2.05) is 6.92 Å². The first-order valence-electron chi connectivity index (χ1n) is 5.90. The van der Waals surface area contributed by atoms with Crippen molar-refractivity contribution in [3.8, 4) is 5.75 Å². The molecule has 1 aromatic rings. The summed E-state index contributed by atoms with van der Waals surface area (Å²) in [7, 11) is 0. The van der Waals surface area contributed by atoms with Crippen LogP contribution in [0.1, 0.15) is 35.6 Å².